The quantitative estimate of drug-likeness (QED) is 0.914. The van der Waals surface area contributed by atoms with Crippen LogP contribution in [0.2, 0.25) is 0 Å². The first-order valence-electron chi connectivity index (χ1n) is 7.78. The van der Waals surface area contributed by atoms with E-state index >= 15 is 0 Å². The highest BCUT2D eigenvalue weighted by Crippen LogP contribution is 2.18. The molecule has 5 nitrogen and oxygen atoms in total. The molecule has 2 aromatic rings. The Balaban J connectivity index is 1.73. The molecule has 3 rings (SSSR count). The minimum Gasteiger partial charge on any atom is -0.352 e. The molecule has 5 heteroatoms. The summed E-state index contributed by atoms with van der Waals surface area (Å²) in [6.07, 6.45) is 5.89. The molecule has 1 aromatic heterocycles. The number of carbonyl (C=O) groups is 1. The van der Waals surface area contributed by atoms with E-state index in [0.29, 0.717) is 12.6 Å². The van der Waals surface area contributed by atoms with Crippen molar-refractivity contribution in [2.24, 2.45) is 0 Å². The van der Waals surface area contributed by atoms with Crippen molar-refractivity contribution in [1.82, 2.24) is 20.0 Å². The van der Waals surface area contributed by atoms with Crippen LogP contribution in [0.25, 0.3) is 0 Å². The molecule has 1 saturated heterocycles. The molecule has 1 amide bonds. The second-order valence-electron chi connectivity index (χ2n) is 5.82. The summed E-state index contributed by atoms with van der Waals surface area (Å²) in [5.41, 5.74) is 0.948. The van der Waals surface area contributed by atoms with Crippen molar-refractivity contribution in [3.63, 3.8) is 0 Å². The van der Waals surface area contributed by atoms with Crippen LogP contribution in [0, 0.1) is 0 Å². The van der Waals surface area contributed by atoms with Crippen molar-refractivity contribution in [3.05, 3.63) is 54.4 Å². The second-order valence-corrected chi connectivity index (χ2v) is 5.82. The molecule has 2 heterocycles. The number of nitrogens with one attached hydrogen (secondary N) is 1. The topological polar surface area (TPSA) is 50.2 Å². The Morgan fingerprint density at radius 2 is 2.18 bits per heavy atom. The molecule has 2 atom stereocenters. The Labute approximate surface area is 130 Å². The number of rotatable bonds is 5. The fourth-order valence-electron chi connectivity index (χ4n) is 3.05. The first-order valence-corrected chi connectivity index (χ1v) is 7.78. The summed E-state index contributed by atoms with van der Waals surface area (Å²) in [6.45, 7) is 1.81. The van der Waals surface area contributed by atoms with Crippen LogP contribution < -0.4 is 5.32 Å². The summed E-state index contributed by atoms with van der Waals surface area (Å²) in [6, 6.07) is 11.7. The number of carbonyl (C=O) groups excluding carboxylic acids is 1. The number of likely N-dealkylation sites (tertiary alicyclic amines) is 1. The third kappa shape index (κ3) is 3.20. The highest BCUT2D eigenvalue weighted by molar-refractivity contribution is 5.83. The smallest absolute Gasteiger partial charge is 0.249 e. The van der Waals surface area contributed by atoms with Gasteiger partial charge in [0.25, 0.3) is 0 Å². The van der Waals surface area contributed by atoms with Gasteiger partial charge in [0, 0.05) is 25.0 Å². The normalized spacial score (nSPS) is 20.0. The van der Waals surface area contributed by atoms with Crippen LogP contribution in [0.5, 0.6) is 0 Å². The SMILES string of the molecule is CN1CCC[C@@H]1CNC(=O)[C@@H](c1ccccc1)n1cccn1. The molecule has 0 spiro atoms. The van der Waals surface area contributed by atoms with Gasteiger partial charge < -0.3 is 10.2 Å². The molecule has 0 aliphatic carbocycles. The first kappa shape index (κ1) is 14.8. The number of hydrogen-bond donors (Lipinski definition) is 1. The van der Waals surface area contributed by atoms with E-state index in [4.69, 9.17) is 0 Å². The zero-order valence-electron chi connectivity index (χ0n) is 12.9. The zero-order chi connectivity index (χ0) is 15.4. The molecule has 1 aromatic carbocycles. The van der Waals surface area contributed by atoms with Gasteiger partial charge in [-0.25, -0.2) is 0 Å². The number of amides is 1. The Morgan fingerprint density at radius 3 is 2.82 bits per heavy atom. The van der Waals surface area contributed by atoms with Gasteiger partial charge in [-0.1, -0.05) is 30.3 Å². The molecule has 0 bridgehead atoms. The van der Waals surface area contributed by atoms with Gasteiger partial charge in [-0.3, -0.25) is 9.48 Å². The summed E-state index contributed by atoms with van der Waals surface area (Å²) in [4.78, 5) is 15.0. The van der Waals surface area contributed by atoms with Gasteiger partial charge >= 0.3 is 0 Å². The number of likely N-dealkylation sites (N-methyl/N-ethyl adjacent to an activating group) is 1. The maximum absolute atomic E-state index is 12.7. The van der Waals surface area contributed by atoms with E-state index in [0.717, 1.165) is 18.5 Å². The Hall–Kier alpha value is -2.14. The lowest BCUT2D eigenvalue weighted by molar-refractivity contribution is -0.123. The van der Waals surface area contributed by atoms with Crippen molar-refractivity contribution in [2.45, 2.75) is 24.9 Å². The second kappa shape index (κ2) is 6.75. The molecule has 0 radical (unpaired) electrons. The molecule has 1 N–H and O–H groups in total. The van der Waals surface area contributed by atoms with Crippen molar-refractivity contribution in [2.75, 3.05) is 20.1 Å². The number of nitrogens with zero attached hydrogens (tertiary/aromatic N) is 3. The predicted octanol–water partition coefficient (Wildman–Crippen LogP) is 1.68. The average molecular weight is 298 g/mol. The molecule has 1 fully saturated rings. The summed E-state index contributed by atoms with van der Waals surface area (Å²) in [7, 11) is 2.12. The standard InChI is InChI=1S/C17H22N4O/c1-20-11-5-9-15(20)13-18-17(22)16(21-12-6-10-19-21)14-7-3-2-4-8-14/h2-4,6-8,10,12,15-16H,5,9,11,13H2,1H3,(H,18,22)/t15-,16-/m1/s1. The molecule has 0 unspecified atom stereocenters. The third-order valence-electron chi connectivity index (χ3n) is 4.34. The number of benzene rings is 1. The third-order valence-corrected chi connectivity index (χ3v) is 4.34. The monoisotopic (exact) mass is 298 g/mol. The maximum atomic E-state index is 12.7. The van der Waals surface area contributed by atoms with Crippen LogP contribution in [0.3, 0.4) is 0 Å². The van der Waals surface area contributed by atoms with Gasteiger partial charge in [0.15, 0.2) is 6.04 Å². The van der Waals surface area contributed by atoms with Crippen molar-refractivity contribution in [1.29, 1.82) is 0 Å². The van der Waals surface area contributed by atoms with E-state index in [1.807, 2.05) is 42.6 Å². The summed E-state index contributed by atoms with van der Waals surface area (Å²) in [5.74, 6) is -0.00444. The van der Waals surface area contributed by atoms with Crippen LogP contribution in [0.4, 0.5) is 0 Å². The van der Waals surface area contributed by atoms with E-state index in [9.17, 15) is 4.79 Å². The van der Waals surface area contributed by atoms with E-state index < -0.39 is 6.04 Å². The van der Waals surface area contributed by atoms with Crippen LogP contribution >= 0.6 is 0 Å². The molecule has 0 saturated carbocycles. The van der Waals surface area contributed by atoms with Crippen LogP contribution in [0.1, 0.15) is 24.4 Å². The largest absolute Gasteiger partial charge is 0.352 e. The fraction of sp³-hybridized carbons (Fsp3) is 0.412. The van der Waals surface area contributed by atoms with Gasteiger partial charge in [0.05, 0.1) is 0 Å². The molecule has 1 aliphatic heterocycles. The van der Waals surface area contributed by atoms with Gasteiger partial charge in [-0.15, -0.1) is 0 Å². The molecule has 22 heavy (non-hydrogen) atoms. The van der Waals surface area contributed by atoms with E-state index in [2.05, 4.69) is 22.4 Å². The first-order chi connectivity index (χ1) is 10.8. The Morgan fingerprint density at radius 1 is 1.36 bits per heavy atom. The van der Waals surface area contributed by atoms with Crippen molar-refractivity contribution < 1.29 is 4.79 Å². The van der Waals surface area contributed by atoms with E-state index in [-0.39, 0.29) is 5.91 Å². The average Bonchev–Trinajstić information content (AvgIpc) is 3.19. The minimum absolute atomic E-state index is 0.00444. The summed E-state index contributed by atoms with van der Waals surface area (Å²) >= 11 is 0. The summed E-state index contributed by atoms with van der Waals surface area (Å²) in [5, 5.41) is 7.35. The minimum atomic E-state index is -0.414. The zero-order valence-corrected chi connectivity index (χ0v) is 12.9. The van der Waals surface area contributed by atoms with E-state index in [1.165, 1.54) is 6.42 Å². The Kier molecular flexibility index (Phi) is 4.53. The fourth-order valence-corrected chi connectivity index (χ4v) is 3.05. The lowest BCUT2D eigenvalue weighted by Crippen LogP contribution is -2.41. The van der Waals surface area contributed by atoms with Crippen molar-refractivity contribution >= 4 is 5.91 Å². The molecular formula is C17H22N4O. The van der Waals surface area contributed by atoms with Crippen molar-refractivity contribution in [3.8, 4) is 0 Å². The van der Waals surface area contributed by atoms with E-state index in [1.54, 1.807) is 10.9 Å². The number of hydrogen-bond acceptors (Lipinski definition) is 3. The van der Waals surface area contributed by atoms with Gasteiger partial charge in [-0.05, 0) is 38.1 Å². The highest BCUT2D eigenvalue weighted by Gasteiger charge is 2.26. The number of aromatic nitrogens is 2. The lowest BCUT2D eigenvalue weighted by Gasteiger charge is -2.22. The van der Waals surface area contributed by atoms with Crippen LogP contribution in [-0.2, 0) is 4.79 Å². The van der Waals surface area contributed by atoms with Gasteiger partial charge in [0.1, 0.15) is 0 Å². The lowest BCUT2D eigenvalue weighted by atomic mass is 10.1. The van der Waals surface area contributed by atoms with Crippen LogP contribution in [0.15, 0.2) is 48.8 Å². The summed E-state index contributed by atoms with van der Waals surface area (Å²) < 4.78 is 1.71. The van der Waals surface area contributed by atoms with Crippen LogP contribution in [-0.4, -0.2) is 46.8 Å². The van der Waals surface area contributed by atoms with Gasteiger partial charge in [0.2, 0.25) is 5.91 Å². The highest BCUT2D eigenvalue weighted by atomic mass is 16.2. The molecule has 1 aliphatic rings. The maximum Gasteiger partial charge on any atom is 0.249 e. The predicted molar refractivity (Wildman–Crippen MR) is 85.5 cm³/mol. The molecule has 116 valence electrons. The molecular weight excluding hydrogens is 276 g/mol. The van der Waals surface area contributed by atoms with Gasteiger partial charge in [-0.2, -0.15) is 5.10 Å². The Bertz CT molecular complexity index is 596.